The summed E-state index contributed by atoms with van der Waals surface area (Å²) in [5, 5.41) is 12.1. The van der Waals surface area contributed by atoms with Crippen LogP contribution in [0.2, 0.25) is 0 Å². The Kier molecular flexibility index (Phi) is 7.18. The standard InChI is InChI=1S/C38H33BrN2O5/c39-30-19-32(43)35-29(36(30)44)18-28-26(33(35)25-12-13-31(42)24-9-5-4-8-23(24)25)10-11-27-34(28)38(46)41(37(27)45)22-14-16-40(17-15-22)20-21-6-2-1-3-7-21/h1-10,12-13,19,22,27-28,33-34,42H,11,14-18,20H2. The number of likely N-dealkylation sites (tertiary alicyclic amines) is 2. The van der Waals surface area contributed by atoms with E-state index in [0.717, 1.165) is 49.0 Å². The molecule has 3 aromatic carbocycles. The van der Waals surface area contributed by atoms with Gasteiger partial charge in [-0.05, 0) is 70.1 Å². The third-order valence-corrected chi connectivity index (χ3v) is 11.4. The minimum atomic E-state index is -0.581. The quantitative estimate of drug-likeness (QED) is 0.208. The van der Waals surface area contributed by atoms with E-state index in [0.29, 0.717) is 23.0 Å². The number of ketones is 2. The van der Waals surface area contributed by atoms with Crippen LogP contribution in [-0.4, -0.2) is 57.4 Å². The number of amides is 2. The van der Waals surface area contributed by atoms with Crippen molar-refractivity contribution < 1.29 is 24.3 Å². The Morgan fingerprint density at radius 1 is 0.826 bits per heavy atom. The fraction of sp³-hybridized carbons (Fsp3) is 0.316. The normalized spacial score (nSPS) is 27.0. The van der Waals surface area contributed by atoms with Crippen LogP contribution in [0.5, 0.6) is 5.75 Å². The number of allylic oxidation sites excluding steroid dienone is 6. The van der Waals surface area contributed by atoms with Crippen molar-refractivity contribution in [3.8, 4) is 5.75 Å². The van der Waals surface area contributed by atoms with E-state index in [4.69, 9.17) is 0 Å². The van der Waals surface area contributed by atoms with Gasteiger partial charge in [-0.1, -0.05) is 72.3 Å². The number of nitrogens with zero attached hydrogens (tertiary/aromatic N) is 2. The van der Waals surface area contributed by atoms with Gasteiger partial charge in [0.15, 0.2) is 11.6 Å². The molecule has 46 heavy (non-hydrogen) atoms. The molecule has 2 heterocycles. The molecule has 4 atom stereocenters. The maximum atomic E-state index is 14.4. The number of hydrogen-bond acceptors (Lipinski definition) is 6. The number of benzene rings is 3. The molecule has 0 radical (unpaired) electrons. The lowest BCUT2D eigenvalue weighted by molar-refractivity contribution is -0.144. The SMILES string of the molecule is O=C1C=C(Br)C(=O)C2=C1C(c1ccc(O)c3ccccc13)C1=CCC3C(=O)N(C4CCN(Cc5ccccc5)CC4)C(=O)C3C1C2. The molecular formula is C38H33BrN2O5. The van der Waals surface area contributed by atoms with Crippen molar-refractivity contribution in [3.63, 3.8) is 0 Å². The first-order valence-corrected chi connectivity index (χ1v) is 16.8. The first-order valence-electron chi connectivity index (χ1n) is 16.0. The molecule has 0 bridgehead atoms. The number of aromatic hydroxyl groups is 1. The number of fused-ring (bicyclic) bond motifs is 4. The number of Topliss-reactive ketones (excluding diaryl/α,β-unsaturated/α-hetero) is 1. The number of carbonyl (C=O) groups is 4. The largest absolute Gasteiger partial charge is 0.507 e. The predicted molar refractivity (Wildman–Crippen MR) is 177 cm³/mol. The molecule has 3 aromatic rings. The molecule has 2 saturated heterocycles. The number of hydrogen-bond donors (Lipinski definition) is 1. The van der Waals surface area contributed by atoms with Crippen LogP contribution in [0.15, 0.2) is 100 Å². The third-order valence-electron chi connectivity index (χ3n) is 10.8. The van der Waals surface area contributed by atoms with Crippen LogP contribution in [0.25, 0.3) is 10.8 Å². The van der Waals surface area contributed by atoms with Crippen LogP contribution >= 0.6 is 15.9 Å². The Morgan fingerprint density at radius 2 is 1.54 bits per heavy atom. The second-order valence-electron chi connectivity index (χ2n) is 13.2. The van der Waals surface area contributed by atoms with Gasteiger partial charge in [0, 0.05) is 54.2 Å². The molecule has 1 N–H and O–H groups in total. The molecule has 3 aliphatic carbocycles. The molecule has 8 rings (SSSR count). The summed E-state index contributed by atoms with van der Waals surface area (Å²) >= 11 is 3.31. The van der Waals surface area contributed by atoms with E-state index in [1.54, 1.807) is 11.0 Å². The van der Waals surface area contributed by atoms with Crippen molar-refractivity contribution in [1.29, 1.82) is 0 Å². The van der Waals surface area contributed by atoms with Gasteiger partial charge in [-0.15, -0.1) is 0 Å². The maximum Gasteiger partial charge on any atom is 0.233 e. The highest BCUT2D eigenvalue weighted by Gasteiger charge is 2.57. The molecule has 0 saturated carbocycles. The van der Waals surface area contributed by atoms with Crippen LogP contribution < -0.4 is 0 Å². The monoisotopic (exact) mass is 676 g/mol. The average Bonchev–Trinajstić information content (AvgIpc) is 3.33. The first-order chi connectivity index (χ1) is 22.3. The maximum absolute atomic E-state index is 14.4. The second-order valence-corrected chi connectivity index (χ2v) is 14.0. The van der Waals surface area contributed by atoms with E-state index in [-0.39, 0.29) is 52.0 Å². The molecule has 0 spiro atoms. The molecule has 2 amide bonds. The van der Waals surface area contributed by atoms with Gasteiger partial charge in [-0.3, -0.25) is 29.0 Å². The lowest BCUT2D eigenvalue weighted by atomic mass is 9.59. The molecule has 0 aromatic heterocycles. The summed E-state index contributed by atoms with van der Waals surface area (Å²) in [6.07, 6.45) is 5.53. The van der Waals surface area contributed by atoms with Crippen LogP contribution in [0, 0.1) is 17.8 Å². The van der Waals surface area contributed by atoms with Crippen LogP contribution in [0.1, 0.15) is 42.7 Å². The Bertz CT molecular complexity index is 1920. The van der Waals surface area contributed by atoms with E-state index in [1.165, 1.54) is 11.6 Å². The fourth-order valence-electron chi connectivity index (χ4n) is 8.68. The Labute approximate surface area is 275 Å². The molecular weight excluding hydrogens is 644 g/mol. The van der Waals surface area contributed by atoms with E-state index in [9.17, 15) is 24.3 Å². The van der Waals surface area contributed by atoms with Gasteiger partial charge in [-0.2, -0.15) is 0 Å². The number of phenols is 1. The lowest BCUT2D eigenvalue weighted by Crippen LogP contribution is -2.47. The zero-order valence-electron chi connectivity index (χ0n) is 25.2. The first kappa shape index (κ1) is 29.3. The van der Waals surface area contributed by atoms with Gasteiger partial charge in [0.1, 0.15) is 5.75 Å². The van der Waals surface area contributed by atoms with Crippen molar-refractivity contribution in [1.82, 2.24) is 9.80 Å². The van der Waals surface area contributed by atoms with Gasteiger partial charge in [-0.25, -0.2) is 0 Å². The van der Waals surface area contributed by atoms with Gasteiger partial charge in [0.2, 0.25) is 11.8 Å². The molecule has 8 heteroatoms. The van der Waals surface area contributed by atoms with Crippen LogP contribution in [0.3, 0.4) is 0 Å². The van der Waals surface area contributed by atoms with Crippen molar-refractivity contribution in [3.05, 3.63) is 111 Å². The molecule has 4 unspecified atom stereocenters. The van der Waals surface area contributed by atoms with Crippen molar-refractivity contribution >= 4 is 50.1 Å². The minimum Gasteiger partial charge on any atom is -0.507 e. The smallest absolute Gasteiger partial charge is 0.233 e. The number of phenolic OH excluding ortho intramolecular Hbond substituents is 1. The minimum absolute atomic E-state index is 0.106. The van der Waals surface area contributed by atoms with Gasteiger partial charge in [0.05, 0.1) is 16.3 Å². The van der Waals surface area contributed by atoms with Crippen molar-refractivity contribution in [2.45, 2.75) is 44.2 Å². The van der Waals surface area contributed by atoms with Crippen molar-refractivity contribution in [2.24, 2.45) is 17.8 Å². The topological polar surface area (TPSA) is 95.0 Å². The fourth-order valence-corrected chi connectivity index (χ4v) is 9.13. The third kappa shape index (κ3) is 4.56. The Hall–Kier alpha value is -4.14. The van der Waals surface area contributed by atoms with Crippen molar-refractivity contribution in [2.75, 3.05) is 13.1 Å². The summed E-state index contributed by atoms with van der Waals surface area (Å²) in [6, 6.07) is 21.1. The Morgan fingerprint density at radius 3 is 2.30 bits per heavy atom. The molecule has 7 nitrogen and oxygen atoms in total. The van der Waals surface area contributed by atoms with E-state index < -0.39 is 17.8 Å². The summed E-state index contributed by atoms with van der Waals surface area (Å²) in [5.41, 5.74) is 3.83. The highest BCUT2D eigenvalue weighted by molar-refractivity contribution is 9.12. The number of halogens is 1. The van der Waals surface area contributed by atoms with E-state index >= 15 is 0 Å². The predicted octanol–water partition coefficient (Wildman–Crippen LogP) is 5.97. The van der Waals surface area contributed by atoms with E-state index in [2.05, 4.69) is 39.0 Å². The average molecular weight is 678 g/mol. The highest BCUT2D eigenvalue weighted by atomic mass is 79.9. The summed E-state index contributed by atoms with van der Waals surface area (Å²) in [4.78, 5) is 59.6. The zero-order valence-corrected chi connectivity index (χ0v) is 26.8. The lowest BCUT2D eigenvalue weighted by Gasteiger charge is -2.42. The number of imide groups is 1. The molecule has 2 aliphatic heterocycles. The Balaban J connectivity index is 1.14. The van der Waals surface area contributed by atoms with Gasteiger partial charge >= 0.3 is 0 Å². The second kappa shape index (κ2) is 11.3. The van der Waals surface area contributed by atoms with Gasteiger partial charge in [0.25, 0.3) is 0 Å². The van der Waals surface area contributed by atoms with Gasteiger partial charge < -0.3 is 5.11 Å². The number of piperidine rings is 1. The van der Waals surface area contributed by atoms with Crippen LogP contribution in [0.4, 0.5) is 0 Å². The summed E-state index contributed by atoms with van der Waals surface area (Å²) in [6.45, 7) is 2.46. The molecule has 2 fully saturated rings. The summed E-state index contributed by atoms with van der Waals surface area (Å²) < 4.78 is 0.211. The highest BCUT2D eigenvalue weighted by Crippen LogP contribution is 2.56. The molecule has 232 valence electrons. The zero-order chi connectivity index (χ0) is 31.7. The number of rotatable bonds is 4. The summed E-state index contributed by atoms with van der Waals surface area (Å²) in [5.74, 6) is -2.60. The van der Waals surface area contributed by atoms with Crippen LogP contribution in [-0.2, 0) is 25.7 Å². The van der Waals surface area contributed by atoms with E-state index in [1.807, 2.05) is 48.5 Å². The number of carbonyl (C=O) groups excluding carboxylic acids is 4. The molecule has 5 aliphatic rings. The summed E-state index contributed by atoms with van der Waals surface area (Å²) in [7, 11) is 0.